The second-order valence-corrected chi connectivity index (χ2v) is 5.57. The van der Waals surface area contributed by atoms with Crippen molar-refractivity contribution in [2.24, 2.45) is 4.99 Å². The van der Waals surface area contributed by atoms with Gasteiger partial charge in [0.15, 0.2) is 5.96 Å². The van der Waals surface area contributed by atoms with Gasteiger partial charge in [-0.2, -0.15) is 0 Å². The highest BCUT2D eigenvalue weighted by Crippen LogP contribution is 2.07. The van der Waals surface area contributed by atoms with Crippen LogP contribution in [-0.4, -0.2) is 51.8 Å². The summed E-state index contributed by atoms with van der Waals surface area (Å²) in [6.45, 7) is 5.72. The summed E-state index contributed by atoms with van der Waals surface area (Å²) in [5.74, 6) is 0.798. The molecule has 1 heterocycles. The fraction of sp³-hybridized carbons (Fsp3) is 0.600. The molecule has 0 aliphatic heterocycles. The number of guanidine groups is 1. The molecule has 6 nitrogen and oxygen atoms in total. The van der Waals surface area contributed by atoms with Gasteiger partial charge in [-0.05, 0) is 31.2 Å². The number of halogens is 1. The van der Waals surface area contributed by atoms with Gasteiger partial charge in [-0.1, -0.05) is 6.07 Å². The molecule has 0 bridgehead atoms. The van der Waals surface area contributed by atoms with E-state index in [0.717, 1.165) is 43.4 Å². The lowest BCUT2D eigenvalue weighted by Crippen LogP contribution is -2.38. The van der Waals surface area contributed by atoms with Crippen LogP contribution < -0.4 is 16.0 Å². The maximum atomic E-state index is 11.7. The maximum Gasteiger partial charge on any atom is 0.261 e. The minimum atomic E-state index is -0.0106. The molecule has 0 aliphatic rings. The largest absolute Gasteiger partial charge is 0.385 e. The number of nitrogens with zero attached hydrogens (tertiary/aromatic N) is 1. The van der Waals surface area contributed by atoms with E-state index in [1.54, 1.807) is 7.11 Å². The van der Waals surface area contributed by atoms with Gasteiger partial charge in [0.05, 0.1) is 4.88 Å². The second kappa shape index (κ2) is 14.7. The van der Waals surface area contributed by atoms with Crippen molar-refractivity contribution in [2.45, 2.75) is 19.8 Å². The molecule has 0 aromatic carbocycles. The third-order valence-electron chi connectivity index (χ3n) is 2.80. The molecule has 1 aromatic rings. The predicted octanol–water partition coefficient (Wildman–Crippen LogP) is 2.08. The Morgan fingerprint density at radius 2 is 2.04 bits per heavy atom. The van der Waals surface area contributed by atoms with Crippen LogP contribution >= 0.6 is 35.3 Å². The smallest absolute Gasteiger partial charge is 0.261 e. The SMILES string of the molecule is CCNC(=NCCCNC(=O)c1cccs1)NCCCOC.I. The van der Waals surface area contributed by atoms with Crippen LogP contribution in [0.5, 0.6) is 0 Å². The Labute approximate surface area is 159 Å². The van der Waals surface area contributed by atoms with E-state index >= 15 is 0 Å². The zero-order valence-corrected chi connectivity index (χ0v) is 16.9. The number of hydrogen-bond acceptors (Lipinski definition) is 4. The summed E-state index contributed by atoms with van der Waals surface area (Å²) in [6, 6.07) is 3.70. The topological polar surface area (TPSA) is 74.8 Å². The number of thiophene rings is 1. The first kappa shape index (κ1) is 22.1. The van der Waals surface area contributed by atoms with E-state index in [1.807, 2.05) is 24.4 Å². The first-order chi connectivity index (χ1) is 10.8. The van der Waals surface area contributed by atoms with Gasteiger partial charge in [-0.3, -0.25) is 9.79 Å². The molecule has 0 unspecified atom stereocenters. The Hall–Kier alpha value is -0.870. The summed E-state index contributed by atoms with van der Waals surface area (Å²) >= 11 is 1.45. The average Bonchev–Trinajstić information content (AvgIpc) is 3.05. The first-order valence-electron chi connectivity index (χ1n) is 7.60. The highest BCUT2D eigenvalue weighted by atomic mass is 127. The molecule has 3 N–H and O–H groups in total. The third-order valence-corrected chi connectivity index (χ3v) is 3.67. The highest BCUT2D eigenvalue weighted by molar-refractivity contribution is 14.0. The van der Waals surface area contributed by atoms with Crippen LogP contribution in [0.25, 0.3) is 0 Å². The first-order valence-corrected chi connectivity index (χ1v) is 8.48. The zero-order valence-electron chi connectivity index (χ0n) is 13.8. The third kappa shape index (κ3) is 10.5. The number of methoxy groups -OCH3 is 1. The van der Waals surface area contributed by atoms with Gasteiger partial charge in [0.1, 0.15) is 0 Å². The molecule has 1 rings (SSSR count). The molecule has 1 amide bonds. The van der Waals surface area contributed by atoms with Crippen molar-refractivity contribution in [1.82, 2.24) is 16.0 Å². The molecule has 23 heavy (non-hydrogen) atoms. The number of carbonyl (C=O) groups is 1. The molecular weight excluding hydrogens is 427 g/mol. The van der Waals surface area contributed by atoms with E-state index in [1.165, 1.54) is 11.3 Å². The second-order valence-electron chi connectivity index (χ2n) is 4.62. The van der Waals surface area contributed by atoms with Gasteiger partial charge in [0.2, 0.25) is 0 Å². The van der Waals surface area contributed by atoms with Crippen molar-refractivity contribution in [2.75, 3.05) is 39.9 Å². The number of amides is 1. The highest BCUT2D eigenvalue weighted by Gasteiger charge is 2.04. The van der Waals surface area contributed by atoms with Gasteiger partial charge in [0, 0.05) is 39.9 Å². The summed E-state index contributed by atoms with van der Waals surface area (Å²) in [6.07, 6.45) is 1.75. The molecule has 0 saturated heterocycles. The van der Waals surface area contributed by atoms with E-state index in [4.69, 9.17) is 4.74 Å². The van der Waals surface area contributed by atoms with Crippen LogP contribution in [0.4, 0.5) is 0 Å². The summed E-state index contributed by atoms with van der Waals surface area (Å²) < 4.78 is 5.01. The molecular formula is C15H27IN4O2S. The van der Waals surface area contributed by atoms with Gasteiger partial charge >= 0.3 is 0 Å². The van der Waals surface area contributed by atoms with Gasteiger partial charge in [-0.25, -0.2) is 0 Å². The number of rotatable bonds is 10. The Morgan fingerprint density at radius 1 is 1.26 bits per heavy atom. The minimum absolute atomic E-state index is 0. The van der Waals surface area contributed by atoms with Crippen molar-refractivity contribution in [3.63, 3.8) is 0 Å². The number of carbonyl (C=O) groups excluding carboxylic acids is 1. The Morgan fingerprint density at radius 3 is 2.70 bits per heavy atom. The molecule has 8 heteroatoms. The Balaban J connectivity index is 0.00000484. The minimum Gasteiger partial charge on any atom is -0.385 e. The van der Waals surface area contributed by atoms with Crippen molar-refractivity contribution in [3.8, 4) is 0 Å². The zero-order chi connectivity index (χ0) is 16.0. The summed E-state index contributed by atoms with van der Waals surface area (Å²) in [5, 5.41) is 11.2. The van der Waals surface area contributed by atoms with E-state index < -0.39 is 0 Å². The Kier molecular flexibility index (Phi) is 14.1. The normalized spacial score (nSPS) is 10.8. The van der Waals surface area contributed by atoms with Gasteiger partial charge < -0.3 is 20.7 Å². The molecule has 0 saturated carbocycles. The Bertz CT molecular complexity index is 441. The molecule has 0 radical (unpaired) electrons. The number of nitrogens with one attached hydrogen (secondary N) is 3. The summed E-state index contributed by atoms with van der Waals surface area (Å²) in [4.78, 5) is 17.0. The molecule has 132 valence electrons. The lowest BCUT2D eigenvalue weighted by molar-refractivity contribution is 0.0957. The van der Waals surface area contributed by atoms with E-state index in [2.05, 4.69) is 20.9 Å². The number of ether oxygens (including phenoxy) is 1. The number of aliphatic imine (C=N–C) groups is 1. The quantitative estimate of drug-likeness (QED) is 0.219. The van der Waals surface area contributed by atoms with Gasteiger partial charge in [-0.15, -0.1) is 35.3 Å². The molecule has 0 spiro atoms. The van der Waals surface area contributed by atoms with Crippen LogP contribution in [-0.2, 0) is 4.74 Å². The maximum absolute atomic E-state index is 11.7. The van der Waals surface area contributed by atoms with Gasteiger partial charge in [0.25, 0.3) is 5.91 Å². The molecule has 1 aromatic heterocycles. The molecule has 0 aliphatic carbocycles. The van der Waals surface area contributed by atoms with Crippen molar-refractivity contribution < 1.29 is 9.53 Å². The predicted molar refractivity (Wildman–Crippen MR) is 107 cm³/mol. The van der Waals surface area contributed by atoms with E-state index in [0.29, 0.717) is 13.1 Å². The fourth-order valence-corrected chi connectivity index (χ4v) is 2.37. The fourth-order valence-electron chi connectivity index (χ4n) is 1.73. The molecule has 0 fully saturated rings. The van der Waals surface area contributed by atoms with Crippen LogP contribution in [0.1, 0.15) is 29.4 Å². The van der Waals surface area contributed by atoms with Crippen molar-refractivity contribution in [1.29, 1.82) is 0 Å². The lowest BCUT2D eigenvalue weighted by Gasteiger charge is -2.11. The summed E-state index contributed by atoms with van der Waals surface area (Å²) in [7, 11) is 1.70. The van der Waals surface area contributed by atoms with Crippen molar-refractivity contribution >= 4 is 47.2 Å². The van der Waals surface area contributed by atoms with E-state index in [9.17, 15) is 4.79 Å². The van der Waals surface area contributed by atoms with E-state index in [-0.39, 0.29) is 29.9 Å². The molecule has 0 atom stereocenters. The van der Waals surface area contributed by atoms with Crippen molar-refractivity contribution in [3.05, 3.63) is 22.4 Å². The monoisotopic (exact) mass is 454 g/mol. The van der Waals surface area contributed by atoms with Crippen LogP contribution in [0, 0.1) is 0 Å². The van der Waals surface area contributed by atoms with Crippen LogP contribution in [0.3, 0.4) is 0 Å². The average molecular weight is 454 g/mol. The summed E-state index contributed by atoms with van der Waals surface area (Å²) in [5.41, 5.74) is 0. The lowest BCUT2D eigenvalue weighted by atomic mass is 10.4. The van der Waals surface area contributed by atoms with Crippen LogP contribution in [0.2, 0.25) is 0 Å². The van der Waals surface area contributed by atoms with Crippen LogP contribution in [0.15, 0.2) is 22.5 Å². The standard InChI is InChI=1S/C15H26N4O2S.HI/c1-3-16-15(19-10-6-11-21-2)18-9-5-8-17-14(20)13-7-4-12-22-13;/h4,7,12H,3,5-6,8-11H2,1-2H3,(H,17,20)(H2,16,18,19);1H. The number of hydrogen-bond donors (Lipinski definition) is 3.